The number of alkyl halides is 3. The van der Waals surface area contributed by atoms with Crippen molar-refractivity contribution in [2.24, 2.45) is 0 Å². The van der Waals surface area contributed by atoms with Crippen molar-refractivity contribution in [1.82, 2.24) is 14.3 Å². The molecule has 0 saturated carbocycles. The van der Waals surface area contributed by atoms with E-state index in [0.717, 1.165) is 47.0 Å². The fraction of sp³-hybridized carbons (Fsp3) is 0.346. The molecule has 0 amide bonds. The van der Waals surface area contributed by atoms with E-state index in [0.29, 0.717) is 12.5 Å². The highest BCUT2D eigenvalue weighted by atomic mass is 32.2. The summed E-state index contributed by atoms with van der Waals surface area (Å²) < 4.78 is 96.4. The molecule has 2 heterocycles. The first-order valence-corrected chi connectivity index (χ1v) is 13.1. The highest BCUT2D eigenvalue weighted by Crippen LogP contribution is 2.36. The molecule has 1 saturated heterocycles. The maximum Gasteiger partial charge on any atom is 0.288 e. The molecule has 4 rings (SSSR count). The Kier molecular flexibility index (Phi) is 7.41. The van der Waals surface area contributed by atoms with Crippen LogP contribution in [0.2, 0.25) is 0 Å². The summed E-state index contributed by atoms with van der Waals surface area (Å²) in [7, 11) is -4.29. The summed E-state index contributed by atoms with van der Waals surface area (Å²) in [4.78, 5) is 20.4. The van der Waals surface area contributed by atoms with Gasteiger partial charge in [0.15, 0.2) is 5.78 Å². The van der Waals surface area contributed by atoms with Crippen LogP contribution in [0.25, 0.3) is 11.3 Å². The summed E-state index contributed by atoms with van der Waals surface area (Å²) in [5.41, 5.74) is -1.73. The molecule has 0 N–H and O–H groups in total. The number of aromatic nitrogens is 2. The number of halogens is 5. The number of hydrogen-bond donors (Lipinski definition) is 0. The fourth-order valence-electron chi connectivity index (χ4n) is 4.35. The van der Waals surface area contributed by atoms with Gasteiger partial charge in [-0.25, -0.2) is 21.6 Å². The number of rotatable bonds is 8. The van der Waals surface area contributed by atoms with Crippen molar-refractivity contribution < 1.29 is 35.2 Å². The van der Waals surface area contributed by atoms with Crippen molar-refractivity contribution in [2.75, 3.05) is 6.54 Å². The zero-order chi connectivity index (χ0) is 27.9. The Labute approximate surface area is 216 Å². The third-order valence-electron chi connectivity index (χ3n) is 6.26. The molecule has 38 heavy (non-hydrogen) atoms. The number of ketones is 1. The van der Waals surface area contributed by atoms with Gasteiger partial charge >= 0.3 is 0 Å². The molecule has 1 aliphatic rings. The Morgan fingerprint density at radius 2 is 1.76 bits per heavy atom. The van der Waals surface area contributed by atoms with Gasteiger partial charge in [-0.2, -0.15) is 13.1 Å². The first-order chi connectivity index (χ1) is 17.7. The van der Waals surface area contributed by atoms with Crippen LogP contribution in [-0.4, -0.2) is 46.7 Å². The van der Waals surface area contributed by atoms with Gasteiger partial charge in [0.05, 0.1) is 29.0 Å². The summed E-state index contributed by atoms with van der Waals surface area (Å²) in [6, 6.07) is 6.56. The molecular formula is C26H24F5N3O3S. The van der Waals surface area contributed by atoms with Crippen LogP contribution in [0.15, 0.2) is 59.8 Å². The summed E-state index contributed by atoms with van der Waals surface area (Å²) in [6.45, 7) is 1.33. The molecule has 6 nitrogen and oxygen atoms in total. The second-order valence-corrected chi connectivity index (χ2v) is 11.5. The van der Waals surface area contributed by atoms with Crippen molar-refractivity contribution in [3.05, 3.63) is 77.8 Å². The number of sulfonamides is 1. The number of carbonyl (C=O) groups excluding carboxylic acids is 1. The maximum atomic E-state index is 14.9. The largest absolute Gasteiger partial charge is 0.298 e. The monoisotopic (exact) mass is 553 g/mol. The van der Waals surface area contributed by atoms with Crippen molar-refractivity contribution in [1.29, 1.82) is 0 Å². The number of hydrogen-bond acceptors (Lipinski definition) is 5. The predicted molar refractivity (Wildman–Crippen MR) is 129 cm³/mol. The average molecular weight is 554 g/mol. The zero-order valence-electron chi connectivity index (χ0n) is 20.5. The summed E-state index contributed by atoms with van der Waals surface area (Å²) >= 11 is 0. The maximum absolute atomic E-state index is 14.9. The molecule has 12 heteroatoms. The molecule has 1 aromatic heterocycles. The molecule has 0 radical (unpaired) electrons. The average Bonchev–Trinajstić information content (AvgIpc) is 3.18. The molecular weight excluding hydrogens is 529 g/mol. The minimum Gasteiger partial charge on any atom is -0.298 e. The minimum atomic E-state index is -4.29. The predicted octanol–water partition coefficient (Wildman–Crippen LogP) is 5.23. The molecule has 0 unspecified atom stereocenters. The van der Waals surface area contributed by atoms with Gasteiger partial charge in [0, 0.05) is 31.9 Å². The third-order valence-corrected chi connectivity index (χ3v) is 8.13. The molecule has 3 aromatic rings. The SMILES string of the molecule is CC(F)(F)c1cnc(-c2cc(F)cc(CCC(=O)[C@@H]3C[C@@](C)(F)CN3S(=O)(=O)c3ccc(F)cc3)c2)cn1. The van der Waals surface area contributed by atoms with Crippen LogP contribution >= 0.6 is 0 Å². The highest BCUT2D eigenvalue weighted by molar-refractivity contribution is 7.89. The van der Waals surface area contributed by atoms with Crippen LogP contribution in [0.4, 0.5) is 22.0 Å². The minimum absolute atomic E-state index is 0.00602. The van der Waals surface area contributed by atoms with E-state index >= 15 is 0 Å². The van der Waals surface area contributed by atoms with Crippen molar-refractivity contribution in [2.45, 2.75) is 55.6 Å². The summed E-state index contributed by atoms with van der Waals surface area (Å²) in [5.74, 6) is -5.05. The molecule has 2 atom stereocenters. The van der Waals surface area contributed by atoms with Gasteiger partial charge < -0.3 is 0 Å². The zero-order valence-corrected chi connectivity index (χ0v) is 21.3. The lowest BCUT2D eigenvalue weighted by Gasteiger charge is -2.23. The highest BCUT2D eigenvalue weighted by Gasteiger charge is 2.49. The second-order valence-electron chi connectivity index (χ2n) is 9.63. The van der Waals surface area contributed by atoms with Crippen LogP contribution in [0.3, 0.4) is 0 Å². The first kappa shape index (κ1) is 27.8. The third kappa shape index (κ3) is 6.07. The fourth-order valence-corrected chi connectivity index (χ4v) is 6.07. The number of carbonyl (C=O) groups is 1. The van der Waals surface area contributed by atoms with E-state index in [4.69, 9.17) is 0 Å². The van der Waals surface area contributed by atoms with Gasteiger partial charge in [0.25, 0.3) is 5.92 Å². The Hall–Kier alpha value is -3.25. The van der Waals surface area contributed by atoms with E-state index in [1.807, 2.05) is 0 Å². The molecule has 1 fully saturated rings. The van der Waals surface area contributed by atoms with Gasteiger partial charge in [0.1, 0.15) is 23.0 Å². The Morgan fingerprint density at radius 1 is 1.08 bits per heavy atom. The van der Waals surface area contributed by atoms with Gasteiger partial charge in [-0.3, -0.25) is 14.8 Å². The Morgan fingerprint density at radius 3 is 2.37 bits per heavy atom. The van der Waals surface area contributed by atoms with Crippen molar-refractivity contribution in [3.8, 4) is 11.3 Å². The smallest absolute Gasteiger partial charge is 0.288 e. The second kappa shape index (κ2) is 10.1. The van der Waals surface area contributed by atoms with Crippen molar-refractivity contribution in [3.63, 3.8) is 0 Å². The number of benzene rings is 2. The lowest BCUT2D eigenvalue weighted by Crippen LogP contribution is -2.41. The van der Waals surface area contributed by atoms with E-state index in [1.54, 1.807) is 0 Å². The lowest BCUT2D eigenvalue weighted by atomic mass is 9.97. The Bertz CT molecular complexity index is 1440. The van der Waals surface area contributed by atoms with E-state index in [2.05, 4.69) is 9.97 Å². The quantitative estimate of drug-likeness (QED) is 0.357. The molecule has 0 bridgehead atoms. The molecule has 0 spiro atoms. The van der Waals surface area contributed by atoms with Gasteiger partial charge in [0.2, 0.25) is 10.0 Å². The van der Waals surface area contributed by atoms with E-state index < -0.39 is 57.3 Å². The standard InChI is InChI=1S/C26H24F5N3O3S/c1-25(29)12-22(34(15-25)38(36,37)20-6-4-18(27)5-7-20)23(35)8-3-16-9-17(11-19(28)10-16)21-13-33-24(14-32-21)26(2,30)31/h4-7,9-11,13-14,22H,3,8,12,15H2,1-2H3/t22-,25+/m0/s1. The van der Waals surface area contributed by atoms with E-state index in [-0.39, 0.29) is 35.4 Å². The first-order valence-electron chi connectivity index (χ1n) is 11.6. The number of aryl methyl sites for hydroxylation is 1. The van der Waals surface area contributed by atoms with Gasteiger partial charge in [-0.05, 0) is 61.4 Å². The van der Waals surface area contributed by atoms with Crippen LogP contribution in [0.5, 0.6) is 0 Å². The van der Waals surface area contributed by atoms with Gasteiger partial charge in [-0.15, -0.1) is 0 Å². The summed E-state index contributed by atoms with van der Waals surface area (Å²) in [6.07, 6.45) is 1.42. The van der Waals surface area contributed by atoms with Crippen LogP contribution in [0, 0.1) is 11.6 Å². The molecule has 202 valence electrons. The molecule has 1 aliphatic heterocycles. The number of Topliss-reactive ketones (excluding diaryl/α,β-unsaturated/α-hetero) is 1. The Balaban J connectivity index is 1.52. The molecule has 0 aliphatic carbocycles. The number of nitrogens with zero attached hydrogens (tertiary/aromatic N) is 3. The summed E-state index contributed by atoms with van der Waals surface area (Å²) in [5, 5.41) is 0. The van der Waals surface area contributed by atoms with Crippen molar-refractivity contribution >= 4 is 15.8 Å². The van der Waals surface area contributed by atoms with Crippen LogP contribution in [0.1, 0.15) is 37.9 Å². The van der Waals surface area contributed by atoms with Crippen LogP contribution < -0.4 is 0 Å². The lowest BCUT2D eigenvalue weighted by molar-refractivity contribution is -0.122. The van der Waals surface area contributed by atoms with E-state index in [9.17, 15) is 35.2 Å². The van der Waals surface area contributed by atoms with E-state index in [1.165, 1.54) is 19.1 Å². The van der Waals surface area contributed by atoms with Crippen LogP contribution in [-0.2, 0) is 27.2 Å². The molecule has 2 aromatic carbocycles. The topological polar surface area (TPSA) is 80.2 Å². The van der Waals surface area contributed by atoms with Gasteiger partial charge in [-0.1, -0.05) is 0 Å². The normalized spacial score (nSPS) is 20.6.